The number of methoxy groups -OCH3 is 1. The van der Waals surface area contributed by atoms with Crippen molar-refractivity contribution in [3.05, 3.63) is 77.3 Å². The lowest BCUT2D eigenvalue weighted by Crippen LogP contribution is -2.24. The van der Waals surface area contributed by atoms with Gasteiger partial charge in [-0.1, -0.05) is 11.6 Å². The Labute approximate surface area is 198 Å². The van der Waals surface area contributed by atoms with Gasteiger partial charge in [0.05, 0.1) is 29.6 Å². The van der Waals surface area contributed by atoms with E-state index in [4.69, 9.17) is 16.3 Å². The van der Waals surface area contributed by atoms with E-state index < -0.39 is 11.8 Å². The van der Waals surface area contributed by atoms with E-state index in [1.54, 1.807) is 24.3 Å². The van der Waals surface area contributed by atoms with E-state index in [1.165, 1.54) is 50.0 Å². The molecule has 0 radical (unpaired) electrons. The summed E-state index contributed by atoms with van der Waals surface area (Å²) in [5.41, 5.74) is 4.48. The molecule has 1 heterocycles. The Hall–Kier alpha value is -4.44. The Kier molecular flexibility index (Phi) is 6.69. The summed E-state index contributed by atoms with van der Waals surface area (Å²) in [6.45, 7) is 0. The normalized spacial score (nSPS) is 10.9. The predicted molar refractivity (Wildman–Crippen MR) is 129 cm³/mol. The summed E-state index contributed by atoms with van der Waals surface area (Å²) in [6, 6.07) is 13.2. The maximum absolute atomic E-state index is 13.5. The van der Waals surface area contributed by atoms with Gasteiger partial charge in [0, 0.05) is 17.1 Å². The van der Waals surface area contributed by atoms with Crippen molar-refractivity contribution in [3.63, 3.8) is 0 Å². The number of hydrazone groups is 1. The van der Waals surface area contributed by atoms with Gasteiger partial charge in [0.25, 0.3) is 0 Å². The second-order valence-electron chi connectivity index (χ2n) is 6.96. The van der Waals surface area contributed by atoms with Crippen LogP contribution in [0.5, 0.6) is 11.5 Å². The Morgan fingerprint density at radius 3 is 2.68 bits per heavy atom. The van der Waals surface area contributed by atoms with Gasteiger partial charge in [-0.05, 0) is 54.1 Å². The number of amides is 2. The van der Waals surface area contributed by atoms with Gasteiger partial charge in [0.1, 0.15) is 29.5 Å². The molecule has 4 rings (SSSR count). The second kappa shape index (κ2) is 10.0. The summed E-state index contributed by atoms with van der Waals surface area (Å²) in [7, 11) is 1.47. The number of phenols is 1. The Balaban J connectivity index is 1.56. The molecule has 0 aliphatic rings. The number of benzene rings is 3. The van der Waals surface area contributed by atoms with Gasteiger partial charge in [0.2, 0.25) is 0 Å². The van der Waals surface area contributed by atoms with Crippen LogP contribution in [-0.4, -0.2) is 34.4 Å². The average Bonchev–Trinajstić information content (AvgIpc) is 2.82. The van der Waals surface area contributed by atoms with Crippen LogP contribution in [0.3, 0.4) is 0 Å². The van der Waals surface area contributed by atoms with Crippen molar-refractivity contribution in [2.45, 2.75) is 0 Å². The number of halogens is 2. The highest BCUT2D eigenvalue weighted by atomic mass is 35.5. The van der Waals surface area contributed by atoms with Crippen LogP contribution < -0.4 is 20.8 Å². The highest BCUT2D eigenvalue weighted by Crippen LogP contribution is 2.33. The smallest absolute Gasteiger partial charge is 0.339 e. The number of ether oxygens (including phenoxy) is 1. The monoisotopic (exact) mass is 480 g/mol. The molecule has 4 N–H and O–H groups in total. The molecule has 3 aromatic carbocycles. The van der Waals surface area contributed by atoms with Gasteiger partial charge >= 0.3 is 6.03 Å². The van der Waals surface area contributed by atoms with E-state index in [9.17, 15) is 14.3 Å². The Morgan fingerprint density at radius 1 is 1.15 bits per heavy atom. The first-order valence-corrected chi connectivity index (χ1v) is 10.2. The molecule has 0 atom stereocenters. The molecule has 0 aliphatic carbocycles. The summed E-state index contributed by atoms with van der Waals surface area (Å²) in [4.78, 5) is 20.9. The van der Waals surface area contributed by atoms with Crippen LogP contribution in [0.2, 0.25) is 5.02 Å². The topological polar surface area (TPSA) is 121 Å². The number of nitrogens with one attached hydrogen (secondary N) is 3. The predicted octanol–water partition coefficient (Wildman–Crippen LogP) is 5.04. The first-order chi connectivity index (χ1) is 16.4. The van der Waals surface area contributed by atoms with Gasteiger partial charge in [-0.3, -0.25) is 0 Å². The molecule has 34 heavy (non-hydrogen) atoms. The van der Waals surface area contributed by atoms with Crippen molar-refractivity contribution in [3.8, 4) is 11.5 Å². The molecule has 0 bridgehead atoms. The molecule has 0 spiro atoms. The van der Waals surface area contributed by atoms with Crippen LogP contribution >= 0.6 is 11.6 Å². The molecule has 0 saturated heterocycles. The number of carbonyl (C=O) groups excluding carboxylic acids is 1. The molecule has 4 aromatic rings. The molecule has 0 aliphatic heterocycles. The number of carbonyl (C=O) groups is 1. The standard InChI is InChI=1S/C23H18ClFN6O3/c1-34-21-10-19-16(22(27-12-26-19)29-14-4-7-18(25)17(24)8-14)9-20(21)30-23(33)31-28-11-13-2-5-15(32)6-3-13/h2-12,32H,1H3,(H,26,27,29)(H2,30,31,33)/b28-11+. The average molecular weight is 481 g/mol. The minimum absolute atomic E-state index is 0.0306. The zero-order chi connectivity index (χ0) is 24.1. The zero-order valence-corrected chi connectivity index (χ0v) is 18.5. The number of fused-ring (bicyclic) bond motifs is 1. The van der Waals surface area contributed by atoms with Crippen LogP contribution in [0.1, 0.15) is 5.56 Å². The number of aromatic hydroxyl groups is 1. The summed E-state index contributed by atoms with van der Waals surface area (Å²) in [6.07, 6.45) is 2.80. The minimum atomic E-state index is -0.607. The molecular weight excluding hydrogens is 463 g/mol. The van der Waals surface area contributed by atoms with Crippen LogP contribution in [0.25, 0.3) is 10.9 Å². The molecular formula is C23H18ClFN6O3. The van der Waals surface area contributed by atoms with Crippen LogP contribution in [-0.2, 0) is 0 Å². The van der Waals surface area contributed by atoms with E-state index in [1.807, 2.05) is 0 Å². The summed E-state index contributed by atoms with van der Waals surface area (Å²) in [5, 5.41) is 19.5. The molecule has 11 heteroatoms. The summed E-state index contributed by atoms with van der Waals surface area (Å²) < 4.78 is 18.9. The number of hydrogen-bond acceptors (Lipinski definition) is 7. The van der Waals surface area contributed by atoms with Crippen molar-refractivity contribution in [1.82, 2.24) is 15.4 Å². The van der Waals surface area contributed by atoms with E-state index in [0.717, 1.165) is 0 Å². The Bertz CT molecular complexity index is 1380. The number of anilines is 3. The molecule has 9 nitrogen and oxygen atoms in total. The van der Waals surface area contributed by atoms with Crippen LogP contribution in [0, 0.1) is 5.82 Å². The minimum Gasteiger partial charge on any atom is -0.508 e. The third kappa shape index (κ3) is 5.30. The van der Waals surface area contributed by atoms with E-state index >= 15 is 0 Å². The number of nitrogens with zero attached hydrogens (tertiary/aromatic N) is 3. The largest absolute Gasteiger partial charge is 0.508 e. The lowest BCUT2D eigenvalue weighted by molar-refractivity contribution is 0.252. The fraction of sp³-hybridized carbons (Fsp3) is 0.0435. The fourth-order valence-electron chi connectivity index (χ4n) is 3.04. The Morgan fingerprint density at radius 2 is 1.94 bits per heavy atom. The molecule has 0 fully saturated rings. The highest BCUT2D eigenvalue weighted by molar-refractivity contribution is 6.31. The van der Waals surface area contributed by atoms with E-state index in [2.05, 4.69) is 31.1 Å². The lowest BCUT2D eigenvalue weighted by atomic mass is 10.2. The first-order valence-electron chi connectivity index (χ1n) is 9.87. The second-order valence-corrected chi connectivity index (χ2v) is 7.37. The third-order valence-corrected chi connectivity index (χ3v) is 4.95. The highest BCUT2D eigenvalue weighted by Gasteiger charge is 2.13. The molecule has 2 amide bonds. The number of urea groups is 1. The van der Waals surface area contributed by atoms with Gasteiger partial charge in [-0.15, -0.1) is 0 Å². The maximum Gasteiger partial charge on any atom is 0.339 e. The van der Waals surface area contributed by atoms with Crippen molar-refractivity contribution < 1.29 is 19.0 Å². The van der Waals surface area contributed by atoms with E-state index in [-0.39, 0.29) is 10.8 Å². The van der Waals surface area contributed by atoms with Gasteiger partial charge in [-0.25, -0.2) is 24.6 Å². The third-order valence-electron chi connectivity index (χ3n) is 4.66. The van der Waals surface area contributed by atoms with Crippen molar-refractivity contribution in [2.75, 3.05) is 17.7 Å². The molecule has 1 aromatic heterocycles. The molecule has 172 valence electrons. The number of hydrogen-bond donors (Lipinski definition) is 4. The lowest BCUT2D eigenvalue weighted by Gasteiger charge is -2.13. The number of phenolic OH excluding ortho intramolecular Hbond substituents is 1. The van der Waals surface area contributed by atoms with Gasteiger partial charge < -0.3 is 20.5 Å². The van der Waals surface area contributed by atoms with Crippen molar-refractivity contribution in [1.29, 1.82) is 0 Å². The SMILES string of the molecule is COc1cc2ncnc(Nc3ccc(F)c(Cl)c3)c2cc1NC(=O)N/N=C/c1ccc(O)cc1. The zero-order valence-electron chi connectivity index (χ0n) is 17.7. The van der Waals surface area contributed by atoms with Crippen molar-refractivity contribution >= 4 is 51.9 Å². The van der Waals surface area contributed by atoms with Gasteiger partial charge in [-0.2, -0.15) is 5.10 Å². The summed E-state index contributed by atoms with van der Waals surface area (Å²) >= 11 is 5.87. The van der Waals surface area contributed by atoms with Gasteiger partial charge in [0.15, 0.2) is 0 Å². The molecule has 0 saturated carbocycles. The van der Waals surface area contributed by atoms with Crippen LogP contribution in [0.4, 0.5) is 26.4 Å². The van der Waals surface area contributed by atoms with E-state index in [0.29, 0.717) is 39.4 Å². The number of aromatic nitrogens is 2. The quantitative estimate of drug-likeness (QED) is 0.227. The molecule has 0 unspecified atom stereocenters. The van der Waals surface area contributed by atoms with Crippen molar-refractivity contribution in [2.24, 2.45) is 5.10 Å². The maximum atomic E-state index is 13.5. The first kappa shape index (κ1) is 22.7. The number of rotatable bonds is 6. The summed E-state index contributed by atoms with van der Waals surface area (Å²) in [5.74, 6) is 0.394. The van der Waals surface area contributed by atoms with Crippen LogP contribution in [0.15, 0.2) is 66.0 Å². The fourth-order valence-corrected chi connectivity index (χ4v) is 3.22.